The molecule has 0 aliphatic heterocycles. The Labute approximate surface area is 74.8 Å². The lowest BCUT2D eigenvalue weighted by molar-refractivity contribution is 0.200. The molecule has 0 heterocycles. The molecule has 12 heavy (non-hydrogen) atoms. The molecule has 0 aliphatic carbocycles. The van der Waals surface area contributed by atoms with E-state index in [9.17, 15) is 0 Å². The van der Waals surface area contributed by atoms with Crippen LogP contribution in [0.2, 0.25) is 0 Å². The van der Waals surface area contributed by atoms with Gasteiger partial charge in [0.25, 0.3) is 0 Å². The summed E-state index contributed by atoms with van der Waals surface area (Å²) in [5.74, 6) is 0.281. The van der Waals surface area contributed by atoms with Crippen molar-refractivity contribution in [1.82, 2.24) is 5.32 Å². The highest BCUT2D eigenvalue weighted by Crippen LogP contribution is 2.07. The van der Waals surface area contributed by atoms with Crippen molar-refractivity contribution in [2.24, 2.45) is 5.92 Å². The minimum atomic E-state index is -0.0296. The Bertz CT molecular complexity index is 115. The van der Waals surface area contributed by atoms with Crippen LogP contribution in [0, 0.1) is 5.92 Å². The van der Waals surface area contributed by atoms with Crippen molar-refractivity contribution in [3.8, 4) is 0 Å². The van der Waals surface area contributed by atoms with Crippen LogP contribution in [0.5, 0.6) is 0 Å². The van der Waals surface area contributed by atoms with Gasteiger partial charge in [-0.25, -0.2) is 0 Å². The molecule has 0 aromatic rings. The molecule has 0 rings (SSSR count). The lowest BCUT2D eigenvalue weighted by Gasteiger charge is -2.26. The van der Waals surface area contributed by atoms with E-state index in [1.54, 1.807) is 0 Å². The van der Waals surface area contributed by atoms with E-state index in [2.05, 4.69) is 5.32 Å². The maximum Gasteiger partial charge on any atom is 0.0468 e. The summed E-state index contributed by atoms with van der Waals surface area (Å²) in [6, 6.07) is 0. The van der Waals surface area contributed by atoms with E-state index in [4.69, 9.17) is 10.2 Å². The predicted octanol–water partition coefficient (Wildman–Crippen LogP) is 0.365. The molecule has 1 unspecified atom stereocenters. The Morgan fingerprint density at radius 2 is 1.92 bits per heavy atom. The molecule has 0 aromatic carbocycles. The first-order valence-electron chi connectivity index (χ1n) is 4.48. The molecule has 0 radical (unpaired) electrons. The minimum absolute atomic E-state index is 0.0296. The maximum atomic E-state index is 8.77. The van der Waals surface area contributed by atoms with E-state index >= 15 is 0 Å². The highest BCUT2D eigenvalue weighted by Gasteiger charge is 2.16. The van der Waals surface area contributed by atoms with Gasteiger partial charge in [-0.3, -0.25) is 0 Å². The number of rotatable bonds is 6. The van der Waals surface area contributed by atoms with Gasteiger partial charge in [0.2, 0.25) is 0 Å². The Kier molecular flexibility index (Phi) is 5.46. The zero-order chi connectivity index (χ0) is 9.61. The van der Waals surface area contributed by atoms with Crippen LogP contribution >= 0.6 is 0 Å². The Balaban J connectivity index is 3.59. The molecule has 3 N–H and O–H groups in total. The minimum Gasteiger partial charge on any atom is -0.396 e. The lowest BCUT2D eigenvalue weighted by Crippen LogP contribution is -2.42. The quantitative estimate of drug-likeness (QED) is 0.546. The Hall–Kier alpha value is -0.120. The van der Waals surface area contributed by atoms with Crippen molar-refractivity contribution in [3.63, 3.8) is 0 Å². The van der Waals surface area contributed by atoms with Gasteiger partial charge >= 0.3 is 0 Å². The first-order valence-corrected chi connectivity index (χ1v) is 4.48. The van der Waals surface area contributed by atoms with Crippen LogP contribution in [0.25, 0.3) is 0 Å². The molecule has 0 saturated carbocycles. The van der Waals surface area contributed by atoms with Gasteiger partial charge in [0.15, 0.2) is 0 Å². The molecule has 74 valence electrons. The smallest absolute Gasteiger partial charge is 0.0468 e. The molecule has 3 nitrogen and oxygen atoms in total. The monoisotopic (exact) mass is 175 g/mol. The van der Waals surface area contributed by atoms with Crippen molar-refractivity contribution in [2.45, 2.75) is 32.7 Å². The molecule has 0 spiro atoms. The van der Waals surface area contributed by atoms with Crippen molar-refractivity contribution in [2.75, 3.05) is 19.8 Å². The van der Waals surface area contributed by atoms with Gasteiger partial charge in [-0.1, -0.05) is 6.92 Å². The van der Waals surface area contributed by atoms with Crippen LogP contribution in [0.4, 0.5) is 0 Å². The van der Waals surface area contributed by atoms with Crippen molar-refractivity contribution in [3.05, 3.63) is 0 Å². The summed E-state index contributed by atoms with van der Waals surface area (Å²) < 4.78 is 0. The Morgan fingerprint density at radius 1 is 1.33 bits per heavy atom. The van der Waals surface area contributed by atoms with Gasteiger partial charge in [0.1, 0.15) is 0 Å². The van der Waals surface area contributed by atoms with E-state index < -0.39 is 0 Å². The average molecular weight is 175 g/mol. The van der Waals surface area contributed by atoms with Gasteiger partial charge in [0.05, 0.1) is 0 Å². The molecule has 0 aliphatic rings. The summed E-state index contributed by atoms with van der Waals surface area (Å²) in [7, 11) is 0. The summed E-state index contributed by atoms with van der Waals surface area (Å²) in [5, 5.41) is 20.8. The summed E-state index contributed by atoms with van der Waals surface area (Å²) in [6.07, 6.45) is 0.741. The lowest BCUT2D eigenvalue weighted by atomic mass is 10.0. The second-order valence-electron chi connectivity index (χ2n) is 4.03. The van der Waals surface area contributed by atoms with Crippen LogP contribution in [-0.2, 0) is 0 Å². The van der Waals surface area contributed by atoms with Crippen molar-refractivity contribution >= 4 is 0 Å². The number of nitrogens with one attached hydrogen (secondary N) is 1. The average Bonchev–Trinajstić information content (AvgIpc) is 2.00. The fourth-order valence-electron chi connectivity index (χ4n) is 0.883. The highest BCUT2D eigenvalue weighted by atomic mass is 16.3. The van der Waals surface area contributed by atoms with Crippen LogP contribution in [-0.4, -0.2) is 35.5 Å². The van der Waals surface area contributed by atoms with Crippen molar-refractivity contribution < 1.29 is 10.2 Å². The first-order chi connectivity index (χ1) is 5.52. The zero-order valence-corrected chi connectivity index (χ0v) is 8.30. The fourth-order valence-corrected chi connectivity index (χ4v) is 0.883. The number of aliphatic hydroxyl groups excluding tert-OH is 2. The van der Waals surface area contributed by atoms with Crippen molar-refractivity contribution in [1.29, 1.82) is 0 Å². The standard InChI is InChI=1S/C9H21NO2/c1-8(7-12)6-10-9(2,3)4-5-11/h8,10-12H,4-7H2,1-3H3. The third-order valence-corrected chi connectivity index (χ3v) is 1.98. The second-order valence-corrected chi connectivity index (χ2v) is 4.03. The predicted molar refractivity (Wildman–Crippen MR) is 50.0 cm³/mol. The molecule has 0 saturated heterocycles. The third kappa shape index (κ3) is 5.52. The van der Waals surface area contributed by atoms with Crippen LogP contribution in [0.1, 0.15) is 27.2 Å². The molecule has 0 amide bonds. The van der Waals surface area contributed by atoms with Gasteiger partial charge in [-0.2, -0.15) is 0 Å². The summed E-state index contributed by atoms with van der Waals surface area (Å²) >= 11 is 0. The molecular weight excluding hydrogens is 154 g/mol. The molecular formula is C9H21NO2. The first kappa shape index (κ1) is 11.9. The van der Waals surface area contributed by atoms with Crippen LogP contribution in [0.15, 0.2) is 0 Å². The topological polar surface area (TPSA) is 52.5 Å². The zero-order valence-electron chi connectivity index (χ0n) is 8.30. The molecule has 0 aromatic heterocycles. The van der Waals surface area contributed by atoms with E-state index in [-0.39, 0.29) is 24.7 Å². The normalized spacial score (nSPS) is 14.8. The maximum absolute atomic E-state index is 8.77. The SMILES string of the molecule is CC(CO)CNC(C)(C)CCO. The molecule has 3 heteroatoms. The number of hydrogen-bond acceptors (Lipinski definition) is 3. The van der Waals surface area contributed by atoms with Crippen LogP contribution in [0.3, 0.4) is 0 Å². The van der Waals surface area contributed by atoms with Gasteiger partial charge in [-0.05, 0) is 26.2 Å². The van der Waals surface area contributed by atoms with Gasteiger partial charge < -0.3 is 15.5 Å². The Morgan fingerprint density at radius 3 is 2.33 bits per heavy atom. The number of aliphatic hydroxyl groups is 2. The third-order valence-electron chi connectivity index (χ3n) is 1.98. The second kappa shape index (κ2) is 5.51. The summed E-state index contributed by atoms with van der Waals surface area (Å²) in [4.78, 5) is 0. The summed E-state index contributed by atoms with van der Waals surface area (Å²) in [6.45, 7) is 7.29. The molecule has 0 fully saturated rings. The highest BCUT2D eigenvalue weighted by molar-refractivity contribution is 4.77. The van der Waals surface area contributed by atoms with Gasteiger partial charge in [-0.15, -0.1) is 0 Å². The molecule has 0 bridgehead atoms. The van der Waals surface area contributed by atoms with E-state index in [0.717, 1.165) is 13.0 Å². The largest absolute Gasteiger partial charge is 0.396 e. The van der Waals surface area contributed by atoms with E-state index in [1.165, 1.54) is 0 Å². The molecule has 1 atom stereocenters. The van der Waals surface area contributed by atoms with Crippen LogP contribution < -0.4 is 5.32 Å². The number of hydrogen-bond donors (Lipinski definition) is 3. The van der Waals surface area contributed by atoms with E-state index in [1.807, 2.05) is 20.8 Å². The summed E-state index contributed by atoms with van der Waals surface area (Å²) in [5.41, 5.74) is -0.0296. The fraction of sp³-hybridized carbons (Fsp3) is 1.00. The van der Waals surface area contributed by atoms with E-state index in [0.29, 0.717) is 0 Å². The van der Waals surface area contributed by atoms with Gasteiger partial charge in [0, 0.05) is 25.3 Å².